The Hall–Kier alpha value is -6.04. The minimum absolute atomic E-state index is 0.282. The lowest BCUT2D eigenvalue weighted by Crippen LogP contribution is -2.23. The predicted octanol–water partition coefficient (Wildman–Crippen LogP) is 8.59. The fourth-order valence-corrected chi connectivity index (χ4v) is 5.52. The monoisotopic (exact) mass is 728 g/mol. The molecule has 0 atom stereocenters. The number of esters is 1. The number of benzene rings is 4. The number of amides is 2. The zero-order valence-corrected chi connectivity index (χ0v) is 32.0. The fraction of sp³-hybridized carbons (Fsp3) is 0.317. The van der Waals surface area contributed by atoms with E-state index in [0.717, 1.165) is 52.0 Å². The maximum atomic E-state index is 11.7. The van der Waals surface area contributed by atoms with Crippen LogP contribution in [0, 0.1) is 27.7 Å². The van der Waals surface area contributed by atoms with E-state index in [1.165, 1.54) is 0 Å². The normalized spacial score (nSPS) is 10.5. The Bertz CT molecular complexity index is 1940. The van der Waals surface area contributed by atoms with Crippen LogP contribution in [0.5, 0.6) is 34.5 Å². The lowest BCUT2D eigenvalue weighted by molar-refractivity contribution is -0.150. The Balaban J connectivity index is 0.000000286. The highest BCUT2D eigenvalue weighted by molar-refractivity contribution is 6.37. The molecular formula is C41H48N2O10. The molecule has 4 aromatic rings. The fourth-order valence-electron chi connectivity index (χ4n) is 5.52. The summed E-state index contributed by atoms with van der Waals surface area (Å²) in [5.74, 6) is 0.607. The van der Waals surface area contributed by atoms with Crippen molar-refractivity contribution >= 4 is 35.1 Å². The van der Waals surface area contributed by atoms with Crippen molar-refractivity contribution < 1.29 is 48.0 Å². The molecule has 0 bridgehead atoms. The van der Waals surface area contributed by atoms with E-state index in [1.807, 2.05) is 64.1 Å². The average Bonchev–Trinajstić information content (AvgIpc) is 3.10. The van der Waals surface area contributed by atoms with E-state index in [9.17, 15) is 19.2 Å². The van der Waals surface area contributed by atoms with Crippen LogP contribution in [-0.2, 0) is 23.9 Å². The van der Waals surface area contributed by atoms with E-state index >= 15 is 0 Å². The van der Waals surface area contributed by atoms with E-state index in [4.69, 9.17) is 24.1 Å². The van der Waals surface area contributed by atoms with Gasteiger partial charge in [-0.3, -0.25) is 9.59 Å². The number of carboxylic acids is 1. The number of nitrogens with one attached hydrogen (secondary N) is 2. The van der Waals surface area contributed by atoms with E-state index in [2.05, 4.69) is 43.1 Å². The van der Waals surface area contributed by atoms with Gasteiger partial charge in [-0.2, -0.15) is 0 Å². The van der Waals surface area contributed by atoms with Gasteiger partial charge in [-0.15, -0.1) is 0 Å². The van der Waals surface area contributed by atoms with E-state index in [1.54, 1.807) is 38.5 Å². The van der Waals surface area contributed by atoms with Gasteiger partial charge in [0.1, 0.15) is 34.5 Å². The Labute approximate surface area is 310 Å². The summed E-state index contributed by atoms with van der Waals surface area (Å²) < 4.78 is 27.4. The van der Waals surface area contributed by atoms with Gasteiger partial charge in [0, 0.05) is 22.5 Å². The highest BCUT2D eigenvalue weighted by Gasteiger charge is 2.18. The SMILES string of the molecule is COC(=O)C(=O)Nc1cc(C)c(Oc2ccc(OC)c(C(C)C)c2)c(C)c1.COc1ccc(Oc2c(C)cc(NC(=O)C(=O)O)cc2C)cc1C(C)C. The minimum atomic E-state index is -1.53. The molecule has 0 unspecified atom stereocenters. The van der Waals surface area contributed by atoms with Gasteiger partial charge in [-0.25, -0.2) is 9.59 Å². The van der Waals surface area contributed by atoms with Crippen molar-refractivity contribution in [1.29, 1.82) is 0 Å². The first-order valence-electron chi connectivity index (χ1n) is 16.9. The number of carbonyl (C=O) groups excluding carboxylic acids is 3. The summed E-state index contributed by atoms with van der Waals surface area (Å²) in [5.41, 5.74) is 6.26. The van der Waals surface area contributed by atoms with Gasteiger partial charge in [0.05, 0.1) is 21.3 Å². The molecule has 0 spiro atoms. The van der Waals surface area contributed by atoms with Gasteiger partial charge in [-0.05, 0) is 122 Å². The second kappa shape index (κ2) is 18.5. The summed E-state index contributed by atoms with van der Waals surface area (Å²) in [6.07, 6.45) is 0. The van der Waals surface area contributed by atoms with Crippen molar-refractivity contribution in [3.05, 3.63) is 94.0 Å². The number of hydrogen-bond acceptors (Lipinski definition) is 9. The van der Waals surface area contributed by atoms with Crippen LogP contribution >= 0.6 is 0 Å². The Morgan fingerprint density at radius 1 is 0.566 bits per heavy atom. The Kier molecular flexibility index (Phi) is 14.4. The van der Waals surface area contributed by atoms with E-state index in [-0.39, 0.29) is 5.92 Å². The zero-order valence-electron chi connectivity index (χ0n) is 32.0. The molecule has 4 aromatic carbocycles. The quantitative estimate of drug-likeness (QED) is 0.107. The third-order valence-corrected chi connectivity index (χ3v) is 8.09. The molecule has 3 N–H and O–H groups in total. The van der Waals surface area contributed by atoms with Crippen LogP contribution in [-0.4, -0.2) is 50.2 Å². The molecule has 4 rings (SSSR count). The molecule has 12 nitrogen and oxygen atoms in total. The molecule has 12 heteroatoms. The molecule has 282 valence electrons. The summed E-state index contributed by atoms with van der Waals surface area (Å²) in [6, 6.07) is 18.2. The maximum absolute atomic E-state index is 11.7. The molecule has 0 saturated carbocycles. The summed E-state index contributed by atoms with van der Waals surface area (Å²) in [7, 11) is 4.45. The first-order valence-corrected chi connectivity index (χ1v) is 16.9. The van der Waals surface area contributed by atoms with Crippen molar-refractivity contribution in [3.63, 3.8) is 0 Å². The lowest BCUT2D eigenvalue weighted by atomic mass is 10.0. The summed E-state index contributed by atoms with van der Waals surface area (Å²) in [4.78, 5) is 44.9. The van der Waals surface area contributed by atoms with Crippen molar-refractivity contribution in [2.45, 2.75) is 67.2 Å². The lowest BCUT2D eigenvalue weighted by Gasteiger charge is -2.17. The number of hydrogen-bond donors (Lipinski definition) is 3. The van der Waals surface area contributed by atoms with Gasteiger partial charge < -0.3 is 39.4 Å². The summed E-state index contributed by atoms with van der Waals surface area (Å²) in [6.45, 7) is 15.8. The predicted molar refractivity (Wildman–Crippen MR) is 203 cm³/mol. The van der Waals surface area contributed by atoms with Gasteiger partial charge in [0.25, 0.3) is 0 Å². The van der Waals surface area contributed by atoms with Gasteiger partial charge in [0.15, 0.2) is 0 Å². The molecule has 0 radical (unpaired) electrons. The largest absolute Gasteiger partial charge is 0.496 e. The average molecular weight is 729 g/mol. The van der Waals surface area contributed by atoms with Gasteiger partial charge in [0.2, 0.25) is 0 Å². The third kappa shape index (κ3) is 11.0. The Morgan fingerprint density at radius 3 is 1.23 bits per heavy atom. The first-order chi connectivity index (χ1) is 25.0. The molecule has 0 aliphatic heterocycles. The molecule has 0 heterocycles. The number of aliphatic carboxylic acids is 1. The topological polar surface area (TPSA) is 159 Å². The van der Waals surface area contributed by atoms with Crippen LogP contribution in [0.1, 0.15) is 72.9 Å². The van der Waals surface area contributed by atoms with Crippen LogP contribution in [0.15, 0.2) is 60.7 Å². The number of rotatable bonds is 10. The second-order valence-corrected chi connectivity index (χ2v) is 12.9. The molecule has 0 saturated heterocycles. The molecule has 0 aliphatic carbocycles. The van der Waals surface area contributed by atoms with E-state index < -0.39 is 23.8 Å². The van der Waals surface area contributed by atoms with Crippen molar-refractivity contribution in [2.24, 2.45) is 0 Å². The van der Waals surface area contributed by atoms with Gasteiger partial charge >= 0.3 is 23.8 Å². The molecule has 2 amide bonds. The highest BCUT2D eigenvalue weighted by Crippen LogP contribution is 2.37. The van der Waals surface area contributed by atoms with Crippen LogP contribution in [0.4, 0.5) is 11.4 Å². The maximum Gasteiger partial charge on any atom is 0.396 e. The minimum Gasteiger partial charge on any atom is -0.496 e. The first kappa shape index (κ1) is 41.4. The number of ether oxygens (including phenoxy) is 5. The molecule has 53 heavy (non-hydrogen) atoms. The summed E-state index contributed by atoms with van der Waals surface area (Å²) >= 11 is 0. The van der Waals surface area contributed by atoms with Crippen molar-refractivity contribution in [3.8, 4) is 34.5 Å². The van der Waals surface area contributed by atoms with Gasteiger partial charge in [-0.1, -0.05) is 27.7 Å². The molecule has 0 fully saturated rings. The second-order valence-electron chi connectivity index (χ2n) is 12.9. The number of carboxylic acid groups (broad SMARTS) is 1. The highest BCUT2D eigenvalue weighted by atomic mass is 16.5. The molecule has 0 aliphatic rings. The smallest absolute Gasteiger partial charge is 0.396 e. The number of anilines is 2. The third-order valence-electron chi connectivity index (χ3n) is 8.09. The number of carbonyl (C=O) groups is 4. The van der Waals surface area contributed by atoms with E-state index in [0.29, 0.717) is 40.3 Å². The van der Waals surface area contributed by atoms with Crippen LogP contribution < -0.4 is 29.6 Å². The number of aryl methyl sites for hydroxylation is 4. The van der Waals surface area contributed by atoms with Crippen LogP contribution in [0.25, 0.3) is 0 Å². The van der Waals surface area contributed by atoms with Crippen molar-refractivity contribution in [2.75, 3.05) is 32.0 Å². The molecule has 0 aromatic heterocycles. The number of methoxy groups -OCH3 is 3. The van der Waals surface area contributed by atoms with Crippen LogP contribution in [0.3, 0.4) is 0 Å². The standard InChI is InChI=1S/C21H25NO5.C20H23NO5/c1-12(2)17-11-16(7-8-18(17)25-5)27-19-13(3)9-15(10-14(19)4)22-20(23)21(24)26-6;1-11(2)16-10-15(6-7-17(16)25-5)26-18-12(3)8-14(9-13(18)4)21-19(22)20(23)24/h7-12H,1-6H3,(H,22,23);6-11H,1-5H3,(H,21,22)(H,23,24). The van der Waals surface area contributed by atoms with Crippen LogP contribution in [0.2, 0.25) is 0 Å². The van der Waals surface area contributed by atoms with Crippen molar-refractivity contribution in [1.82, 2.24) is 0 Å². The Morgan fingerprint density at radius 2 is 0.925 bits per heavy atom. The molecular weight excluding hydrogens is 680 g/mol. The summed E-state index contributed by atoms with van der Waals surface area (Å²) in [5, 5.41) is 13.6. The zero-order chi connectivity index (χ0) is 39.6.